The zero-order chi connectivity index (χ0) is 11.1. The van der Waals surface area contributed by atoms with Crippen molar-refractivity contribution in [2.45, 2.75) is 38.4 Å². The molecule has 4 heteroatoms. The minimum absolute atomic E-state index is 0.145. The van der Waals surface area contributed by atoms with Gasteiger partial charge in [-0.3, -0.25) is 0 Å². The van der Waals surface area contributed by atoms with Gasteiger partial charge in [0.15, 0.2) is 6.10 Å². The molecule has 0 aromatic heterocycles. The van der Waals surface area contributed by atoms with E-state index in [9.17, 15) is 9.90 Å². The first-order chi connectivity index (χ1) is 7.12. The molecule has 4 nitrogen and oxygen atoms in total. The van der Waals surface area contributed by atoms with E-state index in [1.54, 1.807) is 0 Å². The molecule has 1 heterocycles. The Kier molecular flexibility index (Phi) is 2.73. The summed E-state index contributed by atoms with van der Waals surface area (Å²) >= 11 is 0. The van der Waals surface area contributed by atoms with Crippen LogP contribution in [0, 0.1) is 11.3 Å². The molecular formula is C11H18O4. The van der Waals surface area contributed by atoms with Gasteiger partial charge in [0.1, 0.15) is 0 Å². The molecule has 86 valence electrons. The summed E-state index contributed by atoms with van der Waals surface area (Å²) in [6.07, 6.45) is 1.92. The molecule has 3 atom stereocenters. The van der Waals surface area contributed by atoms with Crippen molar-refractivity contribution in [3.63, 3.8) is 0 Å². The molecule has 15 heavy (non-hydrogen) atoms. The highest BCUT2D eigenvalue weighted by molar-refractivity contribution is 5.76. The summed E-state index contributed by atoms with van der Waals surface area (Å²) in [5.41, 5.74) is -0.261. The van der Waals surface area contributed by atoms with E-state index in [1.807, 2.05) is 6.92 Å². The van der Waals surface area contributed by atoms with Crippen LogP contribution in [-0.2, 0) is 14.3 Å². The molecular weight excluding hydrogens is 196 g/mol. The summed E-state index contributed by atoms with van der Waals surface area (Å²) in [5.74, 6) is -0.210. The predicted molar refractivity (Wildman–Crippen MR) is 53.2 cm³/mol. The molecule has 0 bridgehead atoms. The Labute approximate surface area is 89.6 Å². The van der Waals surface area contributed by atoms with E-state index in [1.165, 1.54) is 7.11 Å². The fourth-order valence-corrected chi connectivity index (χ4v) is 2.82. The van der Waals surface area contributed by atoms with E-state index < -0.39 is 12.1 Å². The molecule has 0 aromatic rings. The number of aliphatic hydroxyl groups is 1. The Bertz CT molecular complexity index is 259. The number of carbonyl (C=O) groups excluding carboxylic acids is 1. The molecule has 1 saturated carbocycles. The lowest BCUT2D eigenvalue weighted by atomic mass is 9.80. The van der Waals surface area contributed by atoms with E-state index in [-0.39, 0.29) is 11.5 Å². The summed E-state index contributed by atoms with van der Waals surface area (Å²) in [6.45, 7) is 2.75. The van der Waals surface area contributed by atoms with Gasteiger partial charge in [-0.05, 0) is 32.1 Å². The van der Waals surface area contributed by atoms with Crippen LogP contribution in [0.25, 0.3) is 0 Å². The van der Waals surface area contributed by atoms with Crippen LogP contribution in [0.2, 0.25) is 0 Å². The number of methoxy groups -OCH3 is 1. The third-order valence-electron chi connectivity index (χ3n) is 3.91. The highest BCUT2D eigenvalue weighted by Crippen LogP contribution is 2.58. The minimum Gasteiger partial charge on any atom is -0.467 e. The molecule has 2 fully saturated rings. The fourth-order valence-electron chi connectivity index (χ4n) is 2.82. The van der Waals surface area contributed by atoms with E-state index in [0.717, 1.165) is 25.9 Å². The highest BCUT2D eigenvalue weighted by atomic mass is 16.5. The average molecular weight is 214 g/mol. The monoisotopic (exact) mass is 214 g/mol. The molecule has 1 saturated heterocycles. The molecule has 3 unspecified atom stereocenters. The second kappa shape index (κ2) is 3.76. The summed E-state index contributed by atoms with van der Waals surface area (Å²) < 4.78 is 10.1. The Morgan fingerprint density at radius 2 is 2.27 bits per heavy atom. The van der Waals surface area contributed by atoms with Gasteiger partial charge in [0.25, 0.3) is 0 Å². The first-order valence-corrected chi connectivity index (χ1v) is 5.49. The second-order valence-electron chi connectivity index (χ2n) is 4.63. The van der Waals surface area contributed by atoms with Crippen LogP contribution >= 0.6 is 0 Å². The summed E-state index contributed by atoms with van der Waals surface area (Å²) in [5, 5.41) is 9.96. The Hall–Kier alpha value is -0.610. The lowest BCUT2D eigenvalue weighted by Gasteiger charge is -2.28. The van der Waals surface area contributed by atoms with Gasteiger partial charge in [-0.25, -0.2) is 4.79 Å². The predicted octanol–water partition coefficient (Wildman–Crippen LogP) is 0.725. The maximum Gasteiger partial charge on any atom is 0.335 e. The Balaban J connectivity index is 2.09. The van der Waals surface area contributed by atoms with Crippen LogP contribution in [0.4, 0.5) is 0 Å². The maximum atomic E-state index is 11.3. The van der Waals surface area contributed by atoms with Gasteiger partial charge in [0.2, 0.25) is 0 Å². The van der Waals surface area contributed by atoms with Gasteiger partial charge in [-0.15, -0.1) is 0 Å². The topological polar surface area (TPSA) is 55.8 Å². The lowest BCUT2D eigenvalue weighted by Crippen LogP contribution is -2.39. The molecule has 2 rings (SSSR count). The quantitative estimate of drug-likeness (QED) is 0.703. The standard InChI is InChI=1S/C11H18O4/c1-7-8(3-6-15-7)11(4-5-11)9(12)10(13)14-2/h7-9,12H,3-6H2,1-2H3. The third-order valence-corrected chi connectivity index (χ3v) is 3.91. The Morgan fingerprint density at radius 3 is 2.67 bits per heavy atom. The Morgan fingerprint density at radius 1 is 1.60 bits per heavy atom. The highest BCUT2D eigenvalue weighted by Gasteiger charge is 2.59. The molecule has 0 spiro atoms. The molecule has 0 amide bonds. The number of hydrogen-bond acceptors (Lipinski definition) is 4. The molecule has 1 N–H and O–H groups in total. The first kappa shape index (κ1) is 10.9. The van der Waals surface area contributed by atoms with Crippen molar-refractivity contribution in [1.29, 1.82) is 0 Å². The van der Waals surface area contributed by atoms with Crippen molar-refractivity contribution in [3.05, 3.63) is 0 Å². The number of hydrogen-bond donors (Lipinski definition) is 1. The number of esters is 1. The number of rotatable bonds is 3. The molecule has 0 radical (unpaired) electrons. The average Bonchev–Trinajstić information content (AvgIpc) is 2.94. The number of carbonyl (C=O) groups is 1. The second-order valence-corrected chi connectivity index (χ2v) is 4.63. The van der Waals surface area contributed by atoms with Crippen LogP contribution in [0.5, 0.6) is 0 Å². The van der Waals surface area contributed by atoms with Gasteiger partial charge in [-0.2, -0.15) is 0 Å². The van der Waals surface area contributed by atoms with Crippen LogP contribution < -0.4 is 0 Å². The van der Waals surface area contributed by atoms with Gasteiger partial charge in [-0.1, -0.05) is 0 Å². The van der Waals surface area contributed by atoms with Crippen LogP contribution in [0.1, 0.15) is 26.2 Å². The summed E-state index contributed by atoms with van der Waals surface area (Å²) in [6, 6.07) is 0. The van der Waals surface area contributed by atoms with Crippen molar-refractivity contribution in [2.75, 3.05) is 13.7 Å². The third kappa shape index (κ3) is 1.66. The van der Waals surface area contributed by atoms with Gasteiger partial charge in [0.05, 0.1) is 13.2 Å². The summed E-state index contributed by atoms with van der Waals surface area (Å²) in [7, 11) is 1.32. The van der Waals surface area contributed by atoms with Crippen molar-refractivity contribution >= 4 is 5.97 Å². The zero-order valence-corrected chi connectivity index (χ0v) is 9.23. The van der Waals surface area contributed by atoms with Crippen molar-refractivity contribution < 1.29 is 19.4 Å². The minimum atomic E-state index is -0.975. The smallest absolute Gasteiger partial charge is 0.335 e. The van der Waals surface area contributed by atoms with Gasteiger partial charge >= 0.3 is 5.97 Å². The van der Waals surface area contributed by atoms with E-state index >= 15 is 0 Å². The largest absolute Gasteiger partial charge is 0.467 e. The molecule has 1 aliphatic heterocycles. The first-order valence-electron chi connectivity index (χ1n) is 5.49. The van der Waals surface area contributed by atoms with Crippen LogP contribution in [0.15, 0.2) is 0 Å². The van der Waals surface area contributed by atoms with Gasteiger partial charge < -0.3 is 14.6 Å². The van der Waals surface area contributed by atoms with Crippen molar-refractivity contribution in [2.24, 2.45) is 11.3 Å². The van der Waals surface area contributed by atoms with E-state index in [0.29, 0.717) is 5.92 Å². The van der Waals surface area contributed by atoms with Crippen LogP contribution in [0.3, 0.4) is 0 Å². The van der Waals surface area contributed by atoms with Gasteiger partial charge in [0, 0.05) is 12.0 Å². The zero-order valence-electron chi connectivity index (χ0n) is 9.23. The van der Waals surface area contributed by atoms with Crippen molar-refractivity contribution in [3.8, 4) is 0 Å². The number of ether oxygens (including phenoxy) is 2. The SMILES string of the molecule is COC(=O)C(O)C1(C2CCOC2C)CC1. The molecule has 2 aliphatic rings. The van der Waals surface area contributed by atoms with E-state index in [2.05, 4.69) is 4.74 Å². The molecule has 1 aliphatic carbocycles. The van der Waals surface area contributed by atoms with E-state index in [4.69, 9.17) is 4.74 Å². The van der Waals surface area contributed by atoms with Crippen molar-refractivity contribution in [1.82, 2.24) is 0 Å². The molecule has 0 aromatic carbocycles. The fraction of sp³-hybridized carbons (Fsp3) is 0.909. The summed E-state index contributed by atoms with van der Waals surface area (Å²) in [4.78, 5) is 11.3. The van der Waals surface area contributed by atoms with Crippen LogP contribution in [-0.4, -0.2) is 37.0 Å². The normalized spacial score (nSPS) is 34.9. The maximum absolute atomic E-state index is 11.3. The lowest BCUT2D eigenvalue weighted by molar-refractivity contribution is -0.156. The number of aliphatic hydroxyl groups excluding tert-OH is 1.